The Morgan fingerprint density at radius 2 is 2.00 bits per heavy atom. The third-order valence-electron chi connectivity index (χ3n) is 5.68. The van der Waals surface area contributed by atoms with Gasteiger partial charge < -0.3 is 19.7 Å². The highest BCUT2D eigenvalue weighted by atomic mass is 35.5. The zero-order valence-electron chi connectivity index (χ0n) is 17.1. The van der Waals surface area contributed by atoms with Crippen LogP contribution >= 0.6 is 11.6 Å². The van der Waals surface area contributed by atoms with Crippen LogP contribution in [0.3, 0.4) is 0 Å². The molecule has 0 radical (unpaired) electrons. The largest absolute Gasteiger partial charge is 0.486 e. The van der Waals surface area contributed by atoms with Crippen molar-refractivity contribution in [1.29, 1.82) is 0 Å². The molecule has 1 N–H and O–H groups in total. The monoisotopic (exact) mass is 443 g/mol. The summed E-state index contributed by atoms with van der Waals surface area (Å²) in [6.07, 6.45) is 1.37. The van der Waals surface area contributed by atoms with E-state index in [0.29, 0.717) is 34.8 Å². The molecule has 31 heavy (non-hydrogen) atoms. The average Bonchev–Trinajstić information content (AvgIpc) is 2.77. The van der Waals surface area contributed by atoms with Gasteiger partial charge in [0.15, 0.2) is 17.3 Å². The summed E-state index contributed by atoms with van der Waals surface area (Å²) in [4.78, 5) is 13.4. The molecule has 1 atom stereocenters. The first-order chi connectivity index (χ1) is 15.1. The molecule has 2 aliphatic heterocycles. The van der Waals surface area contributed by atoms with Gasteiger partial charge in [0.05, 0.1) is 16.2 Å². The zero-order valence-corrected chi connectivity index (χ0v) is 17.9. The van der Waals surface area contributed by atoms with Crippen molar-refractivity contribution in [2.75, 3.05) is 51.7 Å². The van der Waals surface area contributed by atoms with E-state index in [4.69, 9.17) is 21.1 Å². The molecule has 2 aromatic carbocycles. The number of aromatic nitrogens is 2. The minimum absolute atomic E-state index is 0.0456. The van der Waals surface area contributed by atoms with Crippen LogP contribution in [-0.2, 0) is 0 Å². The van der Waals surface area contributed by atoms with E-state index in [2.05, 4.69) is 32.1 Å². The van der Waals surface area contributed by atoms with E-state index in [-0.39, 0.29) is 16.8 Å². The highest BCUT2D eigenvalue weighted by molar-refractivity contribution is 6.31. The Morgan fingerprint density at radius 3 is 2.84 bits per heavy atom. The first-order valence-corrected chi connectivity index (χ1v) is 10.6. The summed E-state index contributed by atoms with van der Waals surface area (Å²) < 4.78 is 26.6. The third kappa shape index (κ3) is 4.23. The van der Waals surface area contributed by atoms with Gasteiger partial charge in [0, 0.05) is 44.2 Å². The SMILES string of the molecule is CN1CCN(CC2COc3cc4ncnc(Nc5cccc(Cl)c5F)c4cc3O2)CC1. The van der Waals surface area contributed by atoms with Crippen LogP contribution in [0.5, 0.6) is 11.5 Å². The fourth-order valence-electron chi connectivity index (χ4n) is 3.90. The maximum absolute atomic E-state index is 14.4. The molecule has 0 amide bonds. The van der Waals surface area contributed by atoms with Crippen molar-refractivity contribution >= 4 is 34.0 Å². The topological polar surface area (TPSA) is 62.8 Å². The molecule has 9 heteroatoms. The average molecular weight is 444 g/mol. The Kier molecular flexibility index (Phi) is 5.52. The number of benzene rings is 2. The van der Waals surface area contributed by atoms with Crippen molar-refractivity contribution in [3.63, 3.8) is 0 Å². The maximum Gasteiger partial charge on any atom is 0.165 e. The van der Waals surface area contributed by atoms with Crippen LogP contribution in [0.1, 0.15) is 0 Å². The van der Waals surface area contributed by atoms with E-state index in [9.17, 15) is 4.39 Å². The standard InChI is InChI=1S/C22H23ClFN5O2/c1-28-5-7-29(8-6-28)11-14-12-30-19-10-18-15(9-20(19)31-14)22(26-13-25-18)27-17-4-2-3-16(23)21(17)24/h2-4,9-10,13-14H,5-8,11-12H2,1H3,(H,25,26,27). The quantitative estimate of drug-likeness (QED) is 0.661. The Bertz CT molecular complexity index is 1110. The normalized spacial score (nSPS) is 19.5. The second-order valence-electron chi connectivity index (χ2n) is 7.92. The Balaban J connectivity index is 1.39. The van der Waals surface area contributed by atoms with Crippen molar-refractivity contribution in [1.82, 2.24) is 19.8 Å². The first kappa shape index (κ1) is 20.2. The van der Waals surface area contributed by atoms with Gasteiger partial charge in [-0.1, -0.05) is 17.7 Å². The predicted molar refractivity (Wildman–Crippen MR) is 118 cm³/mol. The van der Waals surface area contributed by atoms with Gasteiger partial charge >= 0.3 is 0 Å². The van der Waals surface area contributed by atoms with Crippen molar-refractivity contribution in [3.05, 3.63) is 47.5 Å². The van der Waals surface area contributed by atoms with Crippen molar-refractivity contribution in [2.45, 2.75) is 6.10 Å². The molecule has 5 rings (SSSR count). The number of ether oxygens (including phenoxy) is 2. The summed E-state index contributed by atoms with van der Waals surface area (Å²) in [5.74, 6) is 1.24. The van der Waals surface area contributed by atoms with E-state index in [1.807, 2.05) is 12.1 Å². The molecule has 3 aromatic rings. The zero-order chi connectivity index (χ0) is 21.4. The molecular weight excluding hydrogens is 421 g/mol. The number of fused-ring (bicyclic) bond motifs is 2. The maximum atomic E-state index is 14.4. The van der Waals surface area contributed by atoms with Crippen LogP contribution in [0.25, 0.3) is 10.9 Å². The van der Waals surface area contributed by atoms with Gasteiger partial charge in [-0.05, 0) is 25.2 Å². The smallest absolute Gasteiger partial charge is 0.165 e. The highest BCUT2D eigenvalue weighted by Crippen LogP contribution is 2.38. The Morgan fingerprint density at radius 1 is 1.16 bits per heavy atom. The second kappa shape index (κ2) is 8.45. The summed E-state index contributed by atoms with van der Waals surface area (Å²) in [6, 6.07) is 8.48. The van der Waals surface area contributed by atoms with E-state index < -0.39 is 5.82 Å². The summed E-state index contributed by atoms with van der Waals surface area (Å²) in [7, 11) is 2.14. The first-order valence-electron chi connectivity index (χ1n) is 10.3. The number of nitrogens with zero attached hydrogens (tertiary/aromatic N) is 4. The molecule has 1 unspecified atom stereocenters. The van der Waals surface area contributed by atoms with Crippen LogP contribution in [0.4, 0.5) is 15.9 Å². The van der Waals surface area contributed by atoms with Gasteiger partial charge in [-0.15, -0.1) is 0 Å². The molecule has 1 aromatic heterocycles. The van der Waals surface area contributed by atoms with Crippen molar-refractivity contribution in [2.24, 2.45) is 0 Å². The number of hydrogen-bond acceptors (Lipinski definition) is 7. The summed E-state index contributed by atoms with van der Waals surface area (Å²) in [5, 5.41) is 3.78. The minimum Gasteiger partial charge on any atom is -0.486 e. The number of piperazine rings is 1. The van der Waals surface area contributed by atoms with E-state index in [1.54, 1.807) is 12.1 Å². The number of likely N-dealkylation sites (N-methyl/N-ethyl adjacent to an activating group) is 1. The molecule has 1 saturated heterocycles. The number of halogens is 2. The molecule has 2 aliphatic rings. The van der Waals surface area contributed by atoms with Crippen LogP contribution in [-0.4, -0.2) is 72.3 Å². The lowest BCUT2D eigenvalue weighted by Gasteiger charge is -2.36. The highest BCUT2D eigenvalue weighted by Gasteiger charge is 2.26. The summed E-state index contributed by atoms with van der Waals surface area (Å²) >= 11 is 5.91. The van der Waals surface area contributed by atoms with Crippen LogP contribution in [0.15, 0.2) is 36.7 Å². The Labute approximate surface area is 184 Å². The van der Waals surface area contributed by atoms with E-state index >= 15 is 0 Å². The van der Waals surface area contributed by atoms with Crippen LogP contribution < -0.4 is 14.8 Å². The Hall–Kier alpha value is -2.68. The molecule has 0 aliphatic carbocycles. The van der Waals surface area contributed by atoms with E-state index in [1.165, 1.54) is 12.4 Å². The van der Waals surface area contributed by atoms with Gasteiger partial charge in [0.2, 0.25) is 0 Å². The molecule has 3 heterocycles. The number of anilines is 2. The van der Waals surface area contributed by atoms with Gasteiger partial charge in [-0.3, -0.25) is 4.90 Å². The van der Waals surface area contributed by atoms with Crippen LogP contribution in [0, 0.1) is 5.82 Å². The fourth-order valence-corrected chi connectivity index (χ4v) is 4.08. The lowest BCUT2D eigenvalue weighted by atomic mass is 10.1. The third-order valence-corrected chi connectivity index (χ3v) is 5.97. The van der Waals surface area contributed by atoms with Gasteiger partial charge in [0.25, 0.3) is 0 Å². The number of nitrogens with one attached hydrogen (secondary N) is 1. The molecule has 0 bridgehead atoms. The number of hydrogen-bond donors (Lipinski definition) is 1. The second-order valence-corrected chi connectivity index (χ2v) is 8.33. The predicted octanol–water partition coefficient (Wildman–Crippen LogP) is 3.55. The molecule has 7 nitrogen and oxygen atoms in total. The van der Waals surface area contributed by atoms with Crippen molar-refractivity contribution in [3.8, 4) is 11.5 Å². The fraction of sp³-hybridized carbons (Fsp3) is 0.364. The molecular formula is C22H23ClFN5O2. The van der Waals surface area contributed by atoms with Gasteiger partial charge in [0.1, 0.15) is 24.9 Å². The summed E-state index contributed by atoms with van der Waals surface area (Å²) in [6.45, 7) is 5.47. The lowest BCUT2D eigenvalue weighted by Crippen LogP contribution is -2.49. The van der Waals surface area contributed by atoms with Crippen molar-refractivity contribution < 1.29 is 13.9 Å². The summed E-state index contributed by atoms with van der Waals surface area (Å²) in [5.41, 5.74) is 0.926. The molecule has 0 spiro atoms. The van der Waals surface area contributed by atoms with Crippen LogP contribution in [0.2, 0.25) is 5.02 Å². The molecule has 0 saturated carbocycles. The molecule has 1 fully saturated rings. The minimum atomic E-state index is -0.527. The van der Waals surface area contributed by atoms with Gasteiger partial charge in [-0.25, -0.2) is 14.4 Å². The molecule has 162 valence electrons. The number of rotatable bonds is 4. The lowest BCUT2D eigenvalue weighted by molar-refractivity contribution is 0.0442. The van der Waals surface area contributed by atoms with E-state index in [0.717, 1.165) is 32.7 Å². The van der Waals surface area contributed by atoms with Gasteiger partial charge in [-0.2, -0.15) is 0 Å².